The van der Waals surface area contributed by atoms with Crippen LogP contribution in [-0.4, -0.2) is 30.8 Å². The predicted molar refractivity (Wildman–Crippen MR) is 50.5 cm³/mol. The van der Waals surface area contributed by atoms with Gasteiger partial charge in [0.2, 0.25) is 0 Å². The molecular formula is C9H13N3. The Hall–Kier alpha value is -1.22. The van der Waals surface area contributed by atoms with E-state index in [1.165, 1.54) is 0 Å². The number of aromatic nitrogens is 1. The lowest BCUT2D eigenvalue weighted by Gasteiger charge is -2.01. The van der Waals surface area contributed by atoms with Crippen molar-refractivity contribution in [1.29, 1.82) is 0 Å². The highest BCUT2D eigenvalue weighted by atomic mass is 14.9. The minimum Gasteiger partial charge on any atom is -0.310 e. The van der Waals surface area contributed by atoms with E-state index in [0.717, 1.165) is 19.6 Å². The van der Waals surface area contributed by atoms with Crippen molar-refractivity contribution in [2.45, 2.75) is 0 Å². The molecule has 0 spiro atoms. The van der Waals surface area contributed by atoms with Crippen molar-refractivity contribution in [2.75, 3.05) is 19.6 Å². The van der Waals surface area contributed by atoms with Crippen molar-refractivity contribution >= 4 is 6.21 Å². The summed E-state index contributed by atoms with van der Waals surface area (Å²) in [6.07, 6.45) is 5.41. The molecule has 0 fully saturated rings. The van der Waals surface area contributed by atoms with Crippen molar-refractivity contribution in [3.63, 3.8) is 0 Å². The largest absolute Gasteiger partial charge is 0.310 e. The molecule has 0 atom stereocenters. The summed E-state index contributed by atoms with van der Waals surface area (Å²) in [5, 5.41) is 3.14. The van der Waals surface area contributed by atoms with Gasteiger partial charge in [0, 0.05) is 31.7 Å². The molecule has 0 unspecified atom stereocenters. The Kier molecular flexibility index (Phi) is 4.80. The van der Waals surface area contributed by atoms with E-state index in [9.17, 15) is 0 Å². The van der Waals surface area contributed by atoms with Gasteiger partial charge in [-0.1, -0.05) is 6.07 Å². The minimum atomic E-state index is 0.958. The second-order valence-electron chi connectivity index (χ2n) is 2.32. The third-order valence-corrected chi connectivity index (χ3v) is 1.35. The van der Waals surface area contributed by atoms with E-state index >= 15 is 0 Å². The van der Waals surface area contributed by atoms with Crippen molar-refractivity contribution < 1.29 is 0 Å². The molecule has 0 saturated carbocycles. The first-order valence-corrected chi connectivity index (χ1v) is 4.04. The summed E-state index contributed by atoms with van der Waals surface area (Å²) in [5.74, 6) is 0. The first-order valence-electron chi connectivity index (χ1n) is 4.04. The standard InChI is InChI=1S/C5H5N.C4H8N2/c1-2-4-6-5-3-1;1-2-6-4-3-5-1/h1-5H;1,6H,2-4H2. The molecule has 3 heteroatoms. The molecule has 64 valence electrons. The Labute approximate surface area is 72.6 Å². The van der Waals surface area contributed by atoms with Gasteiger partial charge < -0.3 is 5.32 Å². The van der Waals surface area contributed by atoms with Crippen molar-refractivity contribution in [3.8, 4) is 0 Å². The Bertz CT molecular complexity index is 174. The fourth-order valence-corrected chi connectivity index (χ4v) is 0.779. The van der Waals surface area contributed by atoms with Crippen LogP contribution in [0.5, 0.6) is 0 Å². The highest BCUT2D eigenvalue weighted by Crippen LogP contribution is 1.73. The molecule has 2 rings (SSSR count). The normalized spacial score (nSPS) is 14.7. The van der Waals surface area contributed by atoms with Crippen LogP contribution in [0.25, 0.3) is 0 Å². The number of aliphatic imine (C=N–C) groups is 1. The van der Waals surface area contributed by atoms with Crippen LogP contribution in [0.15, 0.2) is 35.6 Å². The monoisotopic (exact) mass is 163 g/mol. The van der Waals surface area contributed by atoms with Crippen LogP contribution in [0, 0.1) is 0 Å². The highest BCUT2D eigenvalue weighted by Gasteiger charge is 1.85. The Balaban J connectivity index is 0.000000120. The smallest absolute Gasteiger partial charge is 0.0511 e. The number of pyridine rings is 1. The minimum absolute atomic E-state index is 0.958. The van der Waals surface area contributed by atoms with Crippen LogP contribution < -0.4 is 5.32 Å². The van der Waals surface area contributed by atoms with Gasteiger partial charge >= 0.3 is 0 Å². The van der Waals surface area contributed by atoms with E-state index in [-0.39, 0.29) is 0 Å². The maximum absolute atomic E-state index is 3.99. The zero-order valence-corrected chi connectivity index (χ0v) is 6.98. The summed E-state index contributed by atoms with van der Waals surface area (Å²) in [4.78, 5) is 7.77. The predicted octanol–water partition coefficient (Wildman–Crippen LogP) is 0.742. The molecule has 1 N–H and O–H groups in total. The van der Waals surface area contributed by atoms with Gasteiger partial charge in [-0.25, -0.2) is 0 Å². The maximum Gasteiger partial charge on any atom is 0.0511 e. The Morgan fingerprint density at radius 2 is 1.92 bits per heavy atom. The van der Waals surface area contributed by atoms with E-state index in [2.05, 4.69) is 15.3 Å². The molecule has 1 aliphatic rings. The first-order chi connectivity index (χ1) is 6.00. The molecule has 0 amide bonds. The summed E-state index contributed by atoms with van der Waals surface area (Å²) in [6, 6.07) is 5.72. The molecule has 0 saturated heterocycles. The summed E-state index contributed by atoms with van der Waals surface area (Å²) < 4.78 is 0. The van der Waals surface area contributed by atoms with Crippen LogP contribution in [0.2, 0.25) is 0 Å². The number of hydrogen-bond donors (Lipinski definition) is 1. The van der Waals surface area contributed by atoms with Gasteiger partial charge in [-0.05, 0) is 12.1 Å². The van der Waals surface area contributed by atoms with Crippen LogP contribution >= 0.6 is 0 Å². The zero-order chi connectivity index (χ0) is 8.49. The van der Waals surface area contributed by atoms with Crippen LogP contribution in [-0.2, 0) is 0 Å². The van der Waals surface area contributed by atoms with Gasteiger partial charge in [-0.2, -0.15) is 0 Å². The van der Waals surface area contributed by atoms with Gasteiger partial charge in [0.05, 0.1) is 6.54 Å². The molecule has 12 heavy (non-hydrogen) atoms. The molecule has 0 radical (unpaired) electrons. The molecule has 0 bridgehead atoms. The Morgan fingerprint density at radius 1 is 1.08 bits per heavy atom. The van der Waals surface area contributed by atoms with E-state index in [1.54, 1.807) is 12.4 Å². The average Bonchev–Trinajstić information content (AvgIpc) is 2.24. The molecule has 3 nitrogen and oxygen atoms in total. The van der Waals surface area contributed by atoms with Gasteiger partial charge in [-0.15, -0.1) is 0 Å². The van der Waals surface area contributed by atoms with Crippen molar-refractivity contribution in [2.24, 2.45) is 4.99 Å². The van der Waals surface area contributed by atoms with Gasteiger partial charge in [0.1, 0.15) is 0 Å². The summed E-state index contributed by atoms with van der Waals surface area (Å²) in [6.45, 7) is 2.97. The van der Waals surface area contributed by atoms with Crippen molar-refractivity contribution in [1.82, 2.24) is 10.3 Å². The van der Waals surface area contributed by atoms with E-state index in [0.29, 0.717) is 0 Å². The number of nitrogens with one attached hydrogen (secondary N) is 1. The fourth-order valence-electron chi connectivity index (χ4n) is 0.779. The van der Waals surface area contributed by atoms with Gasteiger partial charge in [0.15, 0.2) is 0 Å². The van der Waals surface area contributed by atoms with Crippen molar-refractivity contribution in [3.05, 3.63) is 30.6 Å². The molecule has 0 aromatic carbocycles. The van der Waals surface area contributed by atoms with Gasteiger partial charge in [0.25, 0.3) is 0 Å². The number of hydrogen-bond acceptors (Lipinski definition) is 3. The summed E-state index contributed by atoms with van der Waals surface area (Å²) in [7, 11) is 0. The van der Waals surface area contributed by atoms with E-state index in [1.807, 2.05) is 24.4 Å². The molecule has 2 heterocycles. The van der Waals surface area contributed by atoms with Gasteiger partial charge in [-0.3, -0.25) is 9.98 Å². The van der Waals surface area contributed by atoms with E-state index < -0.39 is 0 Å². The topological polar surface area (TPSA) is 37.3 Å². The lowest BCUT2D eigenvalue weighted by molar-refractivity contribution is 0.746. The maximum atomic E-state index is 3.99. The third-order valence-electron chi connectivity index (χ3n) is 1.35. The SMILES string of the molecule is C1=NCCNC1.c1ccncc1. The lowest BCUT2D eigenvalue weighted by atomic mass is 10.5. The first kappa shape index (κ1) is 8.87. The number of nitrogens with zero attached hydrogens (tertiary/aromatic N) is 2. The summed E-state index contributed by atoms with van der Waals surface area (Å²) in [5.41, 5.74) is 0. The zero-order valence-electron chi connectivity index (χ0n) is 6.98. The second-order valence-corrected chi connectivity index (χ2v) is 2.32. The Morgan fingerprint density at radius 3 is 2.08 bits per heavy atom. The van der Waals surface area contributed by atoms with Crippen LogP contribution in [0.4, 0.5) is 0 Å². The average molecular weight is 163 g/mol. The fraction of sp³-hybridized carbons (Fsp3) is 0.333. The molecule has 1 aromatic rings. The molecule has 1 aromatic heterocycles. The van der Waals surface area contributed by atoms with E-state index in [4.69, 9.17) is 0 Å². The summed E-state index contributed by atoms with van der Waals surface area (Å²) >= 11 is 0. The quantitative estimate of drug-likeness (QED) is 0.612. The lowest BCUT2D eigenvalue weighted by Crippen LogP contribution is -2.23. The molecule has 0 aliphatic carbocycles. The molecule has 1 aliphatic heterocycles. The number of rotatable bonds is 0. The van der Waals surface area contributed by atoms with Crippen LogP contribution in [0.3, 0.4) is 0 Å². The van der Waals surface area contributed by atoms with Crippen LogP contribution in [0.1, 0.15) is 0 Å². The highest BCUT2D eigenvalue weighted by molar-refractivity contribution is 5.60. The third kappa shape index (κ3) is 4.57. The second kappa shape index (κ2) is 6.49. The molecular weight excluding hydrogens is 150 g/mol.